The maximum atomic E-state index is 12.4. The Morgan fingerprint density at radius 2 is 2.00 bits per heavy atom. The Hall–Kier alpha value is -3.08. The quantitative estimate of drug-likeness (QED) is 0.759. The number of amides is 1. The van der Waals surface area contributed by atoms with E-state index in [1.165, 1.54) is 6.20 Å². The number of benzene rings is 2. The fourth-order valence-electron chi connectivity index (χ4n) is 2.92. The summed E-state index contributed by atoms with van der Waals surface area (Å²) in [5.41, 5.74) is 1.55. The summed E-state index contributed by atoms with van der Waals surface area (Å²) in [5.74, 6) is 0.582. The second-order valence-corrected chi connectivity index (χ2v) is 6.20. The molecule has 1 amide bonds. The molecule has 0 aliphatic carbocycles. The van der Waals surface area contributed by atoms with Crippen molar-refractivity contribution in [2.45, 2.75) is 20.0 Å². The fraction of sp³-hybridized carbons (Fsp3) is 0.238. The third-order valence-electron chi connectivity index (χ3n) is 4.41. The molecule has 0 saturated heterocycles. The van der Waals surface area contributed by atoms with E-state index in [1.54, 1.807) is 31.1 Å². The molecule has 0 spiro atoms. The largest absolute Gasteiger partial charge is 0.506 e. The van der Waals surface area contributed by atoms with Gasteiger partial charge in [-0.2, -0.15) is 0 Å². The molecule has 3 rings (SSSR count). The van der Waals surface area contributed by atoms with Gasteiger partial charge in [0, 0.05) is 30.9 Å². The topological polar surface area (TPSA) is 62.7 Å². The molecule has 0 aliphatic heterocycles. The first kappa shape index (κ1) is 17.7. The first-order valence-electron chi connectivity index (χ1n) is 8.59. The van der Waals surface area contributed by atoms with E-state index < -0.39 is 6.10 Å². The highest BCUT2D eigenvalue weighted by atomic mass is 16.5. The summed E-state index contributed by atoms with van der Waals surface area (Å²) >= 11 is 0. The molecule has 5 nitrogen and oxygen atoms in total. The molecule has 0 aliphatic rings. The van der Waals surface area contributed by atoms with Gasteiger partial charge >= 0.3 is 0 Å². The van der Waals surface area contributed by atoms with E-state index in [2.05, 4.69) is 4.98 Å². The highest BCUT2D eigenvalue weighted by molar-refractivity contribution is 6.00. The number of aromatic hydroxyl groups is 1. The Bertz CT molecular complexity index is 939. The zero-order chi connectivity index (χ0) is 18.7. The number of carbonyl (C=O) groups excluding carboxylic acids is 1. The van der Waals surface area contributed by atoms with Gasteiger partial charge in [0.1, 0.15) is 11.5 Å². The normalized spacial score (nSPS) is 12.0. The van der Waals surface area contributed by atoms with Crippen LogP contribution >= 0.6 is 0 Å². The van der Waals surface area contributed by atoms with Gasteiger partial charge in [0.2, 0.25) is 0 Å². The summed E-state index contributed by atoms with van der Waals surface area (Å²) in [4.78, 5) is 18.1. The molecule has 1 N–H and O–H groups in total. The van der Waals surface area contributed by atoms with Crippen LogP contribution in [0.25, 0.3) is 21.9 Å². The van der Waals surface area contributed by atoms with Crippen molar-refractivity contribution < 1.29 is 14.6 Å². The number of carbonyl (C=O) groups is 1. The summed E-state index contributed by atoms with van der Waals surface area (Å²) in [5, 5.41) is 11.9. The highest BCUT2D eigenvalue weighted by Gasteiger charge is 2.21. The highest BCUT2D eigenvalue weighted by Crippen LogP contribution is 2.38. The molecular formula is C21H22N2O3. The lowest BCUT2D eigenvalue weighted by atomic mass is 9.98. The zero-order valence-corrected chi connectivity index (χ0v) is 15.1. The zero-order valence-electron chi connectivity index (χ0n) is 15.1. The van der Waals surface area contributed by atoms with Crippen LogP contribution in [0.4, 0.5) is 0 Å². The number of nitrogens with zero attached hydrogens (tertiary/aromatic N) is 2. The van der Waals surface area contributed by atoms with Crippen molar-refractivity contribution in [3.05, 3.63) is 54.9 Å². The Labute approximate surface area is 152 Å². The third-order valence-corrected chi connectivity index (χ3v) is 4.41. The van der Waals surface area contributed by atoms with Crippen LogP contribution in [0.5, 0.6) is 11.5 Å². The predicted molar refractivity (Wildman–Crippen MR) is 102 cm³/mol. The van der Waals surface area contributed by atoms with Gasteiger partial charge in [-0.05, 0) is 36.8 Å². The van der Waals surface area contributed by atoms with E-state index in [4.69, 9.17) is 4.74 Å². The van der Waals surface area contributed by atoms with Crippen molar-refractivity contribution in [2.24, 2.45) is 0 Å². The minimum absolute atomic E-state index is 0.0798. The standard InChI is InChI=1S/C21H22N2O3/c1-4-23(3)21(25)14(2)26-19-10-9-15-7-5-6-8-18(15)20(19)16-11-17(24)13-22-12-16/h5-14,24H,4H2,1-3H3. The van der Waals surface area contributed by atoms with Crippen molar-refractivity contribution in [1.82, 2.24) is 9.88 Å². The van der Waals surface area contributed by atoms with Crippen LogP contribution < -0.4 is 4.74 Å². The van der Waals surface area contributed by atoms with Gasteiger partial charge in [0.05, 0.1) is 6.20 Å². The molecule has 0 fully saturated rings. The summed E-state index contributed by atoms with van der Waals surface area (Å²) < 4.78 is 6.03. The number of aromatic nitrogens is 1. The summed E-state index contributed by atoms with van der Waals surface area (Å²) in [7, 11) is 1.75. The molecule has 1 unspecified atom stereocenters. The fourth-order valence-corrected chi connectivity index (χ4v) is 2.92. The Kier molecular flexibility index (Phi) is 5.07. The first-order valence-corrected chi connectivity index (χ1v) is 8.59. The summed E-state index contributed by atoms with van der Waals surface area (Å²) in [6, 6.07) is 13.4. The number of hydrogen-bond donors (Lipinski definition) is 1. The SMILES string of the molecule is CCN(C)C(=O)C(C)Oc1ccc2ccccc2c1-c1cncc(O)c1. The van der Waals surface area contributed by atoms with Crippen LogP contribution in [0.1, 0.15) is 13.8 Å². The van der Waals surface area contributed by atoms with E-state index in [1.807, 2.05) is 43.3 Å². The van der Waals surface area contributed by atoms with Gasteiger partial charge in [-0.3, -0.25) is 9.78 Å². The molecule has 1 heterocycles. The lowest BCUT2D eigenvalue weighted by Gasteiger charge is -2.22. The molecule has 134 valence electrons. The molecule has 1 aromatic heterocycles. The van der Waals surface area contributed by atoms with Gasteiger partial charge in [0.15, 0.2) is 6.10 Å². The molecule has 3 aromatic rings. The third kappa shape index (κ3) is 3.47. The second-order valence-electron chi connectivity index (χ2n) is 6.20. The summed E-state index contributed by atoms with van der Waals surface area (Å²) in [6.45, 7) is 4.28. The lowest BCUT2D eigenvalue weighted by molar-refractivity contribution is -0.136. The van der Waals surface area contributed by atoms with Gasteiger partial charge in [-0.25, -0.2) is 0 Å². The van der Waals surface area contributed by atoms with E-state index >= 15 is 0 Å². The van der Waals surface area contributed by atoms with Gasteiger partial charge in [0.25, 0.3) is 5.91 Å². The van der Waals surface area contributed by atoms with Crippen LogP contribution in [-0.4, -0.2) is 40.6 Å². The first-order chi connectivity index (χ1) is 12.5. The van der Waals surface area contributed by atoms with Gasteiger partial charge in [-0.1, -0.05) is 30.3 Å². The predicted octanol–water partition coefficient (Wildman–Crippen LogP) is 3.85. The van der Waals surface area contributed by atoms with E-state index in [-0.39, 0.29) is 11.7 Å². The molecule has 2 aromatic carbocycles. The number of ether oxygens (including phenoxy) is 1. The van der Waals surface area contributed by atoms with Crippen LogP contribution in [0.15, 0.2) is 54.9 Å². The van der Waals surface area contributed by atoms with Crippen molar-refractivity contribution in [3.8, 4) is 22.6 Å². The van der Waals surface area contributed by atoms with E-state index in [9.17, 15) is 9.90 Å². The van der Waals surface area contributed by atoms with E-state index in [0.29, 0.717) is 12.3 Å². The smallest absolute Gasteiger partial charge is 0.263 e. The number of hydrogen-bond acceptors (Lipinski definition) is 4. The molecule has 0 saturated carbocycles. The van der Waals surface area contributed by atoms with Crippen LogP contribution in [0, 0.1) is 0 Å². The number of likely N-dealkylation sites (N-methyl/N-ethyl adjacent to an activating group) is 1. The molecule has 5 heteroatoms. The maximum Gasteiger partial charge on any atom is 0.263 e. The Balaban J connectivity index is 2.11. The van der Waals surface area contributed by atoms with E-state index in [0.717, 1.165) is 21.9 Å². The Morgan fingerprint density at radius 1 is 1.23 bits per heavy atom. The molecule has 0 radical (unpaired) electrons. The van der Waals surface area contributed by atoms with Crippen LogP contribution in [0.2, 0.25) is 0 Å². The minimum Gasteiger partial charge on any atom is -0.506 e. The van der Waals surface area contributed by atoms with Gasteiger partial charge < -0.3 is 14.7 Å². The van der Waals surface area contributed by atoms with Crippen LogP contribution in [0.3, 0.4) is 0 Å². The van der Waals surface area contributed by atoms with Gasteiger partial charge in [-0.15, -0.1) is 0 Å². The van der Waals surface area contributed by atoms with Crippen molar-refractivity contribution in [2.75, 3.05) is 13.6 Å². The molecular weight excluding hydrogens is 328 g/mol. The van der Waals surface area contributed by atoms with Crippen molar-refractivity contribution in [3.63, 3.8) is 0 Å². The monoisotopic (exact) mass is 350 g/mol. The molecule has 26 heavy (non-hydrogen) atoms. The summed E-state index contributed by atoms with van der Waals surface area (Å²) in [6.07, 6.45) is 2.45. The average molecular weight is 350 g/mol. The second kappa shape index (κ2) is 7.44. The number of fused-ring (bicyclic) bond motifs is 1. The van der Waals surface area contributed by atoms with Crippen LogP contribution in [-0.2, 0) is 4.79 Å². The minimum atomic E-state index is -0.620. The maximum absolute atomic E-state index is 12.4. The molecule has 0 bridgehead atoms. The average Bonchev–Trinajstić information content (AvgIpc) is 2.66. The van der Waals surface area contributed by atoms with Crippen molar-refractivity contribution >= 4 is 16.7 Å². The number of pyridine rings is 1. The lowest BCUT2D eigenvalue weighted by Crippen LogP contribution is -2.37. The Morgan fingerprint density at radius 3 is 2.73 bits per heavy atom. The van der Waals surface area contributed by atoms with Crippen molar-refractivity contribution in [1.29, 1.82) is 0 Å². The molecule has 1 atom stereocenters. The number of rotatable bonds is 5.